The minimum atomic E-state index is -0.422. The van der Waals surface area contributed by atoms with Crippen LogP contribution in [0.3, 0.4) is 0 Å². The number of methoxy groups -OCH3 is 1. The normalized spacial score (nSPS) is 11.3. The number of fused-ring (bicyclic) bond motifs is 1. The highest BCUT2D eigenvalue weighted by Crippen LogP contribution is 2.33. The van der Waals surface area contributed by atoms with Crippen molar-refractivity contribution in [2.45, 2.75) is 33.2 Å². The number of hydrogen-bond donors (Lipinski definition) is 0. The highest BCUT2D eigenvalue weighted by atomic mass is 35.5. The predicted molar refractivity (Wildman–Crippen MR) is 119 cm³/mol. The molecule has 0 fully saturated rings. The van der Waals surface area contributed by atoms with E-state index in [-0.39, 0.29) is 24.0 Å². The van der Waals surface area contributed by atoms with E-state index in [0.29, 0.717) is 18.9 Å². The Labute approximate surface area is 181 Å². The fourth-order valence-corrected chi connectivity index (χ4v) is 3.62. The van der Waals surface area contributed by atoms with Crippen LogP contribution < -0.4 is 9.47 Å². The molecule has 4 nitrogen and oxygen atoms in total. The van der Waals surface area contributed by atoms with E-state index in [4.69, 9.17) is 21.1 Å². The summed E-state index contributed by atoms with van der Waals surface area (Å²) in [6.45, 7) is 4.86. The Balaban J connectivity index is 2.06. The van der Waals surface area contributed by atoms with E-state index in [1.165, 1.54) is 13.2 Å². The molecule has 0 radical (unpaired) electrons. The molecule has 0 aliphatic carbocycles. The Morgan fingerprint density at radius 1 is 1.17 bits per heavy atom. The molecule has 0 unspecified atom stereocenters. The lowest BCUT2D eigenvalue weighted by molar-refractivity contribution is -0.120. The Morgan fingerprint density at radius 2 is 1.97 bits per heavy atom. The van der Waals surface area contributed by atoms with Gasteiger partial charge in [-0.1, -0.05) is 13.8 Å². The van der Waals surface area contributed by atoms with Crippen LogP contribution >= 0.6 is 11.6 Å². The lowest BCUT2D eigenvalue weighted by Gasteiger charge is -2.13. The number of nitrogens with zero attached hydrogens (tertiary/aromatic N) is 1. The van der Waals surface area contributed by atoms with Gasteiger partial charge in [0.1, 0.15) is 5.75 Å². The molecule has 2 aromatic carbocycles. The van der Waals surface area contributed by atoms with Gasteiger partial charge in [0.15, 0.2) is 17.3 Å². The van der Waals surface area contributed by atoms with Crippen LogP contribution in [0.4, 0.5) is 4.39 Å². The van der Waals surface area contributed by atoms with Crippen molar-refractivity contribution in [2.75, 3.05) is 19.6 Å². The van der Waals surface area contributed by atoms with Gasteiger partial charge in [-0.2, -0.15) is 0 Å². The van der Waals surface area contributed by atoms with Gasteiger partial charge < -0.3 is 14.0 Å². The number of Topliss-reactive ketones (excluding diaryl/α,β-unsaturated/α-hetero) is 1. The molecule has 0 aliphatic heterocycles. The minimum absolute atomic E-state index is 0.153. The Kier molecular flexibility index (Phi) is 7.38. The van der Waals surface area contributed by atoms with Gasteiger partial charge in [-0.15, -0.1) is 11.6 Å². The quantitative estimate of drug-likeness (QED) is 0.288. The first-order valence-corrected chi connectivity index (χ1v) is 10.6. The molecule has 0 aliphatic rings. The summed E-state index contributed by atoms with van der Waals surface area (Å²) in [4.78, 5) is 12.6. The molecule has 0 bridgehead atoms. The zero-order valence-corrected chi connectivity index (χ0v) is 18.3. The van der Waals surface area contributed by atoms with Crippen molar-refractivity contribution in [3.63, 3.8) is 0 Å². The van der Waals surface area contributed by atoms with E-state index >= 15 is 0 Å². The van der Waals surface area contributed by atoms with Gasteiger partial charge in [-0.25, -0.2) is 4.39 Å². The lowest BCUT2D eigenvalue weighted by atomic mass is 10.1. The summed E-state index contributed by atoms with van der Waals surface area (Å²) in [5, 5.41) is 0.953. The summed E-state index contributed by atoms with van der Waals surface area (Å²) in [5.41, 5.74) is 2.54. The number of benzene rings is 2. The summed E-state index contributed by atoms with van der Waals surface area (Å²) in [7, 11) is 1.44. The van der Waals surface area contributed by atoms with Crippen LogP contribution in [-0.2, 0) is 11.3 Å². The molecule has 30 heavy (non-hydrogen) atoms. The molecule has 160 valence electrons. The van der Waals surface area contributed by atoms with Gasteiger partial charge in [0, 0.05) is 34.5 Å². The SMILES string of the molecule is COc1cc(-c2cc3cc(OCCCCl)ccc3n2CC(=O)CC(C)C)ccc1F. The first kappa shape index (κ1) is 22.2. The third-order valence-corrected chi connectivity index (χ3v) is 5.10. The molecule has 0 atom stereocenters. The van der Waals surface area contributed by atoms with Crippen molar-refractivity contribution in [3.05, 3.63) is 48.3 Å². The van der Waals surface area contributed by atoms with Crippen molar-refractivity contribution < 1.29 is 18.7 Å². The first-order valence-electron chi connectivity index (χ1n) is 10.1. The van der Waals surface area contributed by atoms with Crippen LogP contribution in [0.25, 0.3) is 22.2 Å². The monoisotopic (exact) mass is 431 g/mol. The number of halogens is 2. The number of carbonyl (C=O) groups is 1. The second-order valence-corrected chi connectivity index (χ2v) is 8.09. The van der Waals surface area contributed by atoms with Crippen LogP contribution in [0, 0.1) is 11.7 Å². The van der Waals surface area contributed by atoms with Gasteiger partial charge >= 0.3 is 0 Å². The van der Waals surface area contributed by atoms with E-state index < -0.39 is 5.82 Å². The van der Waals surface area contributed by atoms with Gasteiger partial charge in [-0.05, 0) is 54.8 Å². The van der Waals surface area contributed by atoms with Gasteiger partial charge in [0.2, 0.25) is 0 Å². The molecular weight excluding hydrogens is 405 g/mol. The summed E-state index contributed by atoms with van der Waals surface area (Å²) in [5.74, 6) is 1.49. The third-order valence-electron chi connectivity index (χ3n) is 4.84. The molecule has 3 aromatic rings. The lowest BCUT2D eigenvalue weighted by Crippen LogP contribution is -2.13. The van der Waals surface area contributed by atoms with Crippen molar-refractivity contribution >= 4 is 28.3 Å². The molecule has 0 amide bonds. The highest BCUT2D eigenvalue weighted by molar-refractivity contribution is 6.17. The fraction of sp³-hybridized carbons (Fsp3) is 0.375. The molecule has 1 aromatic heterocycles. The molecule has 3 rings (SSSR count). The maximum Gasteiger partial charge on any atom is 0.165 e. The van der Waals surface area contributed by atoms with Crippen LogP contribution in [0.5, 0.6) is 11.5 Å². The summed E-state index contributed by atoms with van der Waals surface area (Å²) >= 11 is 5.72. The smallest absolute Gasteiger partial charge is 0.165 e. The van der Waals surface area contributed by atoms with Crippen molar-refractivity contribution in [1.82, 2.24) is 4.57 Å². The average molecular weight is 432 g/mol. The van der Waals surface area contributed by atoms with Crippen LogP contribution in [0.2, 0.25) is 0 Å². The average Bonchev–Trinajstić information content (AvgIpc) is 3.05. The van der Waals surface area contributed by atoms with E-state index in [1.54, 1.807) is 12.1 Å². The number of rotatable bonds is 10. The third kappa shape index (κ3) is 5.14. The number of alkyl halides is 1. The van der Waals surface area contributed by atoms with Gasteiger partial charge in [-0.3, -0.25) is 4.79 Å². The molecule has 1 heterocycles. The number of hydrogen-bond acceptors (Lipinski definition) is 3. The molecule has 6 heteroatoms. The standard InChI is InChI=1S/C24H27ClFNO3/c1-16(2)11-19(28)15-27-22-8-6-20(30-10-4-9-25)12-18(22)13-23(27)17-5-7-21(26)24(14-17)29-3/h5-8,12-14,16H,4,9-11,15H2,1-3H3. The van der Waals surface area contributed by atoms with E-state index in [0.717, 1.165) is 34.3 Å². The predicted octanol–water partition coefficient (Wildman–Crippen LogP) is 6.08. The fourth-order valence-electron chi connectivity index (χ4n) is 3.51. The summed E-state index contributed by atoms with van der Waals surface area (Å²) < 4.78 is 26.8. The Bertz CT molecular complexity index is 1030. The van der Waals surface area contributed by atoms with Crippen molar-refractivity contribution in [3.8, 4) is 22.8 Å². The molecular formula is C24H27ClFNO3. The van der Waals surface area contributed by atoms with Crippen LogP contribution in [-0.4, -0.2) is 29.9 Å². The van der Waals surface area contributed by atoms with Crippen LogP contribution in [0.15, 0.2) is 42.5 Å². The number of aromatic nitrogens is 1. The van der Waals surface area contributed by atoms with Gasteiger partial charge in [0.25, 0.3) is 0 Å². The largest absolute Gasteiger partial charge is 0.494 e. The van der Waals surface area contributed by atoms with E-state index in [1.807, 2.05) is 42.7 Å². The molecule has 0 saturated carbocycles. The molecule has 0 N–H and O–H groups in total. The van der Waals surface area contributed by atoms with Crippen LogP contribution in [0.1, 0.15) is 26.7 Å². The zero-order chi connectivity index (χ0) is 21.7. The zero-order valence-electron chi connectivity index (χ0n) is 17.6. The summed E-state index contributed by atoms with van der Waals surface area (Å²) in [6, 6.07) is 12.6. The maximum atomic E-state index is 13.9. The van der Waals surface area contributed by atoms with Crippen molar-refractivity contribution in [2.24, 2.45) is 5.92 Å². The Morgan fingerprint density at radius 3 is 2.67 bits per heavy atom. The van der Waals surface area contributed by atoms with Gasteiger partial charge in [0.05, 0.1) is 20.3 Å². The van der Waals surface area contributed by atoms with E-state index in [2.05, 4.69) is 0 Å². The van der Waals surface area contributed by atoms with Crippen molar-refractivity contribution in [1.29, 1.82) is 0 Å². The topological polar surface area (TPSA) is 40.5 Å². The molecule has 0 spiro atoms. The first-order chi connectivity index (χ1) is 14.4. The molecule has 0 saturated heterocycles. The summed E-state index contributed by atoms with van der Waals surface area (Å²) in [6.07, 6.45) is 1.27. The maximum absolute atomic E-state index is 13.9. The second-order valence-electron chi connectivity index (χ2n) is 7.71. The number of ether oxygens (including phenoxy) is 2. The number of carbonyl (C=O) groups excluding carboxylic acids is 1. The number of ketones is 1. The van der Waals surface area contributed by atoms with E-state index in [9.17, 15) is 9.18 Å². The highest BCUT2D eigenvalue weighted by Gasteiger charge is 2.16. The second kappa shape index (κ2) is 9.98. The Hall–Kier alpha value is -2.53. The minimum Gasteiger partial charge on any atom is -0.494 e.